The van der Waals surface area contributed by atoms with Gasteiger partial charge in [-0.15, -0.1) is 0 Å². The third-order valence-corrected chi connectivity index (χ3v) is 3.06. The molecule has 0 fully saturated rings. The lowest BCUT2D eigenvalue weighted by Crippen LogP contribution is -2.14. The number of hydrogen-bond acceptors (Lipinski definition) is 2. The monoisotopic (exact) mass is 225 g/mol. The van der Waals surface area contributed by atoms with Gasteiger partial charge in [0.1, 0.15) is 0 Å². The molecular weight excluding hydrogens is 210 g/mol. The molecule has 2 rings (SSSR count). The van der Waals surface area contributed by atoms with Crippen molar-refractivity contribution in [2.45, 2.75) is 32.6 Å². The molecule has 0 unspecified atom stereocenters. The minimum Gasteiger partial charge on any atom is -0.294 e. The normalized spacial score (nSPS) is 14.9. The van der Waals surface area contributed by atoms with E-state index in [2.05, 4.69) is 26.8 Å². The highest BCUT2D eigenvalue weighted by atomic mass is 16.1. The first-order valence-electron chi connectivity index (χ1n) is 5.70. The maximum absolute atomic E-state index is 11.4. The number of nitriles is 1. The number of carbonyl (C=O) groups excluding carboxylic acids is 1. The Kier molecular flexibility index (Phi) is 2.63. The van der Waals surface area contributed by atoms with E-state index in [0.29, 0.717) is 12.0 Å². The van der Waals surface area contributed by atoms with E-state index in [1.165, 1.54) is 11.6 Å². The van der Waals surface area contributed by atoms with Crippen LogP contribution in [-0.2, 0) is 16.6 Å². The van der Waals surface area contributed by atoms with Crippen molar-refractivity contribution in [1.29, 1.82) is 5.26 Å². The first kappa shape index (κ1) is 11.6. The van der Waals surface area contributed by atoms with Crippen molar-refractivity contribution in [3.05, 3.63) is 41.0 Å². The zero-order valence-electron chi connectivity index (χ0n) is 10.4. The second kappa shape index (κ2) is 3.85. The number of nitrogens with zero attached hydrogens (tertiary/aromatic N) is 1. The molecule has 1 aromatic carbocycles. The highest BCUT2D eigenvalue weighted by molar-refractivity contribution is 6.04. The molecule has 0 aliphatic heterocycles. The van der Waals surface area contributed by atoms with Crippen molar-refractivity contribution in [3.8, 4) is 6.07 Å². The average molecular weight is 225 g/mol. The Morgan fingerprint density at radius 1 is 1.29 bits per heavy atom. The molecule has 0 amide bonds. The molecule has 0 heterocycles. The van der Waals surface area contributed by atoms with Gasteiger partial charge < -0.3 is 0 Å². The van der Waals surface area contributed by atoms with Gasteiger partial charge in [0, 0.05) is 6.42 Å². The molecule has 0 radical (unpaired) electrons. The van der Waals surface area contributed by atoms with Crippen LogP contribution in [0.2, 0.25) is 0 Å². The zero-order valence-corrected chi connectivity index (χ0v) is 10.4. The predicted octanol–water partition coefficient (Wildman–Crippen LogP) is 3.02. The SMILES string of the molecule is CC(C)(C)c1ccc2c(c1)C(C#N)=CC(=O)C2. The van der Waals surface area contributed by atoms with E-state index in [4.69, 9.17) is 5.26 Å². The van der Waals surface area contributed by atoms with E-state index in [1.54, 1.807) is 0 Å². The van der Waals surface area contributed by atoms with Crippen LogP contribution in [0.25, 0.3) is 5.57 Å². The summed E-state index contributed by atoms with van der Waals surface area (Å²) >= 11 is 0. The van der Waals surface area contributed by atoms with E-state index in [-0.39, 0.29) is 11.2 Å². The lowest BCUT2D eigenvalue weighted by molar-refractivity contribution is -0.114. The van der Waals surface area contributed by atoms with Crippen molar-refractivity contribution in [3.63, 3.8) is 0 Å². The second-order valence-electron chi connectivity index (χ2n) is 5.43. The van der Waals surface area contributed by atoms with Crippen LogP contribution in [0.15, 0.2) is 24.3 Å². The molecule has 0 N–H and O–H groups in total. The van der Waals surface area contributed by atoms with Crippen molar-refractivity contribution < 1.29 is 4.79 Å². The van der Waals surface area contributed by atoms with Gasteiger partial charge in [0.25, 0.3) is 0 Å². The molecular formula is C15H15NO. The van der Waals surface area contributed by atoms with E-state index in [9.17, 15) is 4.79 Å². The second-order valence-corrected chi connectivity index (χ2v) is 5.43. The highest BCUT2D eigenvalue weighted by Gasteiger charge is 2.21. The van der Waals surface area contributed by atoms with Gasteiger partial charge in [-0.05, 0) is 34.2 Å². The van der Waals surface area contributed by atoms with Gasteiger partial charge in [0.15, 0.2) is 5.78 Å². The summed E-state index contributed by atoms with van der Waals surface area (Å²) in [4.78, 5) is 11.4. The third-order valence-electron chi connectivity index (χ3n) is 3.06. The minimum atomic E-state index is 0.0116. The lowest BCUT2D eigenvalue weighted by Gasteiger charge is -2.22. The van der Waals surface area contributed by atoms with Gasteiger partial charge in [0.2, 0.25) is 0 Å². The molecule has 1 aromatic rings. The van der Waals surface area contributed by atoms with Crippen LogP contribution >= 0.6 is 0 Å². The molecule has 0 bridgehead atoms. The molecule has 0 atom stereocenters. The van der Waals surface area contributed by atoms with Gasteiger partial charge in [-0.2, -0.15) is 5.26 Å². The Hall–Kier alpha value is -1.88. The van der Waals surface area contributed by atoms with Crippen LogP contribution in [0.4, 0.5) is 0 Å². The van der Waals surface area contributed by atoms with Crippen molar-refractivity contribution >= 4 is 11.4 Å². The van der Waals surface area contributed by atoms with Crippen LogP contribution in [-0.4, -0.2) is 5.78 Å². The van der Waals surface area contributed by atoms with Crippen LogP contribution in [0, 0.1) is 11.3 Å². The lowest BCUT2D eigenvalue weighted by atomic mass is 9.82. The third kappa shape index (κ3) is 2.14. The summed E-state index contributed by atoms with van der Waals surface area (Å²) in [5, 5.41) is 9.08. The number of rotatable bonds is 0. The van der Waals surface area contributed by atoms with Gasteiger partial charge in [-0.3, -0.25) is 4.79 Å². The molecule has 17 heavy (non-hydrogen) atoms. The summed E-state index contributed by atoms with van der Waals surface area (Å²) in [5.74, 6) is 0.0116. The Balaban J connectivity index is 2.59. The summed E-state index contributed by atoms with van der Waals surface area (Å²) in [7, 11) is 0. The highest BCUT2D eigenvalue weighted by Crippen LogP contribution is 2.30. The summed E-state index contributed by atoms with van der Waals surface area (Å²) in [6, 6.07) is 8.17. The smallest absolute Gasteiger partial charge is 0.161 e. The van der Waals surface area contributed by atoms with Gasteiger partial charge >= 0.3 is 0 Å². The summed E-state index contributed by atoms with van der Waals surface area (Å²) < 4.78 is 0. The predicted molar refractivity (Wildman–Crippen MR) is 67.4 cm³/mol. The van der Waals surface area contributed by atoms with Crippen molar-refractivity contribution in [2.24, 2.45) is 0 Å². The largest absolute Gasteiger partial charge is 0.294 e. The van der Waals surface area contributed by atoms with Crippen molar-refractivity contribution in [2.75, 3.05) is 0 Å². The number of benzene rings is 1. The van der Waals surface area contributed by atoms with Gasteiger partial charge in [-0.25, -0.2) is 0 Å². The maximum atomic E-state index is 11.4. The van der Waals surface area contributed by atoms with Crippen molar-refractivity contribution in [1.82, 2.24) is 0 Å². The molecule has 0 spiro atoms. The van der Waals surface area contributed by atoms with Crippen LogP contribution < -0.4 is 0 Å². The standard InChI is InChI=1S/C15H15NO/c1-15(2,3)12-5-4-10-6-13(17)7-11(9-16)14(10)8-12/h4-5,7-8H,6H2,1-3H3. The summed E-state index contributed by atoms with van der Waals surface area (Å²) in [5.41, 5.74) is 3.60. The number of hydrogen-bond donors (Lipinski definition) is 0. The fourth-order valence-electron chi connectivity index (χ4n) is 2.02. The molecule has 2 heteroatoms. The van der Waals surface area contributed by atoms with E-state index in [1.807, 2.05) is 18.2 Å². The average Bonchev–Trinajstić information content (AvgIpc) is 2.25. The van der Waals surface area contributed by atoms with Crippen LogP contribution in [0.5, 0.6) is 0 Å². The molecule has 1 aliphatic carbocycles. The number of fused-ring (bicyclic) bond motifs is 1. The zero-order chi connectivity index (χ0) is 12.6. The molecule has 0 saturated heterocycles. The molecule has 0 saturated carbocycles. The number of carbonyl (C=O) groups is 1. The maximum Gasteiger partial charge on any atom is 0.161 e. The van der Waals surface area contributed by atoms with Gasteiger partial charge in [0.05, 0.1) is 11.6 Å². The molecule has 0 aromatic heterocycles. The van der Waals surface area contributed by atoms with E-state index < -0.39 is 0 Å². The first-order valence-corrected chi connectivity index (χ1v) is 5.70. The Bertz CT molecular complexity index is 553. The van der Waals surface area contributed by atoms with E-state index >= 15 is 0 Å². The van der Waals surface area contributed by atoms with Crippen LogP contribution in [0.1, 0.15) is 37.5 Å². The summed E-state index contributed by atoms with van der Waals surface area (Å²) in [6.07, 6.45) is 1.86. The number of ketones is 1. The first-order chi connectivity index (χ1) is 7.91. The molecule has 2 nitrogen and oxygen atoms in total. The van der Waals surface area contributed by atoms with Gasteiger partial charge in [-0.1, -0.05) is 32.9 Å². The Morgan fingerprint density at radius 3 is 2.59 bits per heavy atom. The number of allylic oxidation sites excluding steroid dienone is 2. The topological polar surface area (TPSA) is 40.9 Å². The Morgan fingerprint density at radius 2 is 2.00 bits per heavy atom. The fraction of sp³-hybridized carbons (Fsp3) is 0.333. The molecule has 86 valence electrons. The Labute approximate surface area is 102 Å². The van der Waals surface area contributed by atoms with Crippen LogP contribution in [0.3, 0.4) is 0 Å². The van der Waals surface area contributed by atoms with E-state index in [0.717, 1.165) is 11.1 Å². The quantitative estimate of drug-likeness (QED) is 0.681. The fourth-order valence-corrected chi connectivity index (χ4v) is 2.02. The molecule has 1 aliphatic rings. The minimum absolute atomic E-state index is 0.0116. The summed E-state index contributed by atoms with van der Waals surface area (Å²) in [6.45, 7) is 6.41.